The predicted molar refractivity (Wildman–Crippen MR) is 122 cm³/mol. The number of imidazole rings is 1. The van der Waals surface area contributed by atoms with Gasteiger partial charge < -0.3 is 19.0 Å². The Morgan fingerprint density at radius 1 is 1.14 bits per heavy atom. The topological polar surface area (TPSA) is 98.8 Å². The standard InChI is InChI=1S/C25H22F2N4O4/c1-14-20(10-15-4-2-3-5-21(15)35-24(26)27)31-13-16(6-7-22(31)30-14)18-11-28-25(29-12-18)34-19-8-17(9-19)23(32)33/h2-7,11-13,17,19,24H,8-10H2,1H3,(H,32,33). The maximum absolute atomic E-state index is 12.8. The number of halogens is 2. The average Bonchev–Trinajstić information content (AvgIpc) is 3.11. The summed E-state index contributed by atoms with van der Waals surface area (Å²) in [4.78, 5) is 24.1. The zero-order chi connectivity index (χ0) is 24.5. The second-order valence-corrected chi connectivity index (χ2v) is 8.45. The van der Waals surface area contributed by atoms with Crippen LogP contribution in [0.2, 0.25) is 0 Å². The molecule has 0 atom stereocenters. The molecule has 0 bridgehead atoms. The Bertz CT molecular complexity index is 1370. The third-order valence-electron chi connectivity index (χ3n) is 6.14. The first-order valence-corrected chi connectivity index (χ1v) is 11.1. The van der Waals surface area contributed by atoms with Gasteiger partial charge in [-0.1, -0.05) is 18.2 Å². The monoisotopic (exact) mass is 480 g/mol. The van der Waals surface area contributed by atoms with Gasteiger partial charge in [0.1, 0.15) is 17.5 Å². The molecule has 0 amide bonds. The molecule has 10 heteroatoms. The van der Waals surface area contributed by atoms with Crippen molar-refractivity contribution in [3.05, 3.63) is 71.9 Å². The molecule has 180 valence electrons. The highest BCUT2D eigenvalue weighted by Crippen LogP contribution is 2.31. The van der Waals surface area contributed by atoms with Gasteiger partial charge >= 0.3 is 18.6 Å². The number of pyridine rings is 1. The molecule has 8 nitrogen and oxygen atoms in total. The van der Waals surface area contributed by atoms with E-state index in [0.717, 1.165) is 28.2 Å². The first kappa shape index (κ1) is 22.7. The van der Waals surface area contributed by atoms with E-state index in [0.29, 0.717) is 24.8 Å². The lowest BCUT2D eigenvalue weighted by Gasteiger charge is -2.31. The van der Waals surface area contributed by atoms with Gasteiger partial charge in [-0.3, -0.25) is 4.79 Å². The van der Waals surface area contributed by atoms with E-state index in [1.165, 1.54) is 6.07 Å². The number of aryl methyl sites for hydroxylation is 1. The highest BCUT2D eigenvalue weighted by atomic mass is 19.3. The number of benzene rings is 1. The Morgan fingerprint density at radius 3 is 2.60 bits per heavy atom. The Labute approximate surface area is 199 Å². The molecule has 3 heterocycles. The molecule has 5 rings (SSSR count). The molecule has 0 saturated heterocycles. The number of para-hydroxylation sites is 1. The lowest BCUT2D eigenvalue weighted by molar-refractivity contribution is -0.148. The van der Waals surface area contributed by atoms with Gasteiger partial charge in [0.2, 0.25) is 0 Å². The van der Waals surface area contributed by atoms with Crippen molar-refractivity contribution in [3.63, 3.8) is 0 Å². The van der Waals surface area contributed by atoms with E-state index < -0.39 is 12.6 Å². The maximum Gasteiger partial charge on any atom is 0.387 e. The minimum Gasteiger partial charge on any atom is -0.481 e. The summed E-state index contributed by atoms with van der Waals surface area (Å²) in [6, 6.07) is 10.7. The van der Waals surface area contributed by atoms with Crippen molar-refractivity contribution in [2.24, 2.45) is 5.92 Å². The zero-order valence-corrected chi connectivity index (χ0v) is 18.8. The number of aliphatic carboxylic acids is 1. The number of carboxylic acids is 1. The third kappa shape index (κ3) is 4.77. The first-order valence-electron chi connectivity index (χ1n) is 11.1. The summed E-state index contributed by atoms with van der Waals surface area (Å²) in [6.45, 7) is -1.02. The fourth-order valence-electron chi connectivity index (χ4n) is 4.17. The third-order valence-corrected chi connectivity index (χ3v) is 6.14. The SMILES string of the molecule is Cc1nc2ccc(-c3cnc(OC4CC(C(=O)O)C4)nc3)cn2c1Cc1ccccc1OC(F)F. The van der Waals surface area contributed by atoms with Crippen LogP contribution < -0.4 is 9.47 Å². The molecule has 0 aliphatic heterocycles. The number of nitrogens with zero attached hydrogens (tertiary/aromatic N) is 4. The number of aromatic nitrogens is 4. The summed E-state index contributed by atoms with van der Waals surface area (Å²) in [5, 5.41) is 8.98. The Hall–Kier alpha value is -4.08. The zero-order valence-electron chi connectivity index (χ0n) is 18.8. The van der Waals surface area contributed by atoms with Gasteiger partial charge in [-0.15, -0.1) is 0 Å². The largest absolute Gasteiger partial charge is 0.481 e. The smallest absolute Gasteiger partial charge is 0.387 e. The maximum atomic E-state index is 12.8. The summed E-state index contributed by atoms with van der Waals surface area (Å²) >= 11 is 0. The molecular weight excluding hydrogens is 458 g/mol. The predicted octanol–water partition coefficient (Wildman–Crippen LogP) is 4.53. The van der Waals surface area contributed by atoms with Crippen LogP contribution in [0, 0.1) is 12.8 Å². The summed E-state index contributed by atoms with van der Waals surface area (Å²) in [5.41, 5.74) is 4.60. The molecule has 1 aromatic carbocycles. The van der Waals surface area contributed by atoms with Gasteiger partial charge in [-0.25, -0.2) is 15.0 Å². The summed E-state index contributed by atoms with van der Waals surface area (Å²) in [6.07, 6.45) is 6.27. The molecular formula is C25H22F2N4O4. The van der Waals surface area contributed by atoms with Gasteiger partial charge in [-0.05, 0) is 38.0 Å². The molecule has 0 radical (unpaired) electrons. The number of ether oxygens (including phenoxy) is 2. The average molecular weight is 480 g/mol. The van der Waals surface area contributed by atoms with E-state index in [4.69, 9.17) is 9.84 Å². The number of carbonyl (C=O) groups is 1. The summed E-state index contributed by atoms with van der Waals surface area (Å²) in [5.74, 6) is -1.04. The number of carboxylic acid groups (broad SMARTS) is 1. The minimum atomic E-state index is -2.90. The van der Waals surface area contributed by atoms with Crippen molar-refractivity contribution >= 4 is 11.6 Å². The quantitative estimate of drug-likeness (QED) is 0.395. The fourth-order valence-corrected chi connectivity index (χ4v) is 4.17. The van der Waals surface area contributed by atoms with Crippen LogP contribution in [0.3, 0.4) is 0 Å². The number of hydrogen-bond donors (Lipinski definition) is 1. The van der Waals surface area contributed by atoms with E-state index in [9.17, 15) is 13.6 Å². The molecule has 0 unspecified atom stereocenters. The van der Waals surface area contributed by atoms with Crippen LogP contribution >= 0.6 is 0 Å². The second-order valence-electron chi connectivity index (χ2n) is 8.45. The van der Waals surface area contributed by atoms with Crippen LogP contribution in [0.15, 0.2) is 55.0 Å². The number of fused-ring (bicyclic) bond motifs is 1. The molecule has 1 N–H and O–H groups in total. The van der Waals surface area contributed by atoms with Crippen molar-refractivity contribution in [2.45, 2.75) is 38.9 Å². The van der Waals surface area contributed by atoms with E-state index in [1.807, 2.05) is 29.7 Å². The minimum absolute atomic E-state index is 0.137. The van der Waals surface area contributed by atoms with E-state index in [2.05, 4.69) is 19.7 Å². The Balaban J connectivity index is 1.37. The van der Waals surface area contributed by atoms with Crippen molar-refractivity contribution in [1.82, 2.24) is 19.4 Å². The lowest BCUT2D eigenvalue weighted by atomic mass is 9.82. The first-order chi connectivity index (χ1) is 16.9. The van der Waals surface area contributed by atoms with Crippen LogP contribution in [0.1, 0.15) is 29.8 Å². The highest BCUT2D eigenvalue weighted by molar-refractivity contribution is 5.71. The van der Waals surface area contributed by atoms with E-state index >= 15 is 0 Å². The van der Waals surface area contributed by atoms with Crippen LogP contribution in [0.5, 0.6) is 11.8 Å². The molecule has 1 aliphatic carbocycles. The highest BCUT2D eigenvalue weighted by Gasteiger charge is 2.36. The molecule has 1 saturated carbocycles. The number of alkyl halides is 2. The number of hydrogen-bond acceptors (Lipinski definition) is 6. The molecule has 35 heavy (non-hydrogen) atoms. The van der Waals surface area contributed by atoms with Crippen molar-refractivity contribution in [2.75, 3.05) is 0 Å². The molecule has 0 spiro atoms. The Morgan fingerprint density at radius 2 is 1.89 bits per heavy atom. The Kier molecular flexibility index (Phi) is 6.02. The molecule has 4 aromatic rings. The van der Waals surface area contributed by atoms with Crippen LogP contribution in [0.4, 0.5) is 8.78 Å². The molecule has 1 fully saturated rings. The fraction of sp³-hybridized carbons (Fsp3) is 0.280. The van der Waals surface area contributed by atoms with Crippen molar-refractivity contribution in [3.8, 4) is 22.9 Å². The van der Waals surface area contributed by atoms with Crippen molar-refractivity contribution in [1.29, 1.82) is 0 Å². The van der Waals surface area contributed by atoms with Gasteiger partial charge in [0.25, 0.3) is 0 Å². The molecule has 3 aromatic heterocycles. The van der Waals surface area contributed by atoms with E-state index in [1.54, 1.807) is 30.6 Å². The van der Waals surface area contributed by atoms with Crippen LogP contribution in [-0.4, -0.2) is 43.1 Å². The second kappa shape index (κ2) is 9.28. The molecule has 1 aliphatic rings. The van der Waals surface area contributed by atoms with Gasteiger partial charge in [0.15, 0.2) is 0 Å². The van der Waals surface area contributed by atoms with Crippen LogP contribution in [0.25, 0.3) is 16.8 Å². The number of rotatable bonds is 8. The van der Waals surface area contributed by atoms with Crippen molar-refractivity contribution < 1.29 is 28.2 Å². The van der Waals surface area contributed by atoms with E-state index in [-0.39, 0.29) is 23.8 Å². The van der Waals surface area contributed by atoms with Gasteiger partial charge in [0, 0.05) is 47.4 Å². The van der Waals surface area contributed by atoms with Gasteiger partial charge in [0.05, 0.1) is 11.6 Å². The normalized spacial score (nSPS) is 17.4. The lowest BCUT2D eigenvalue weighted by Crippen LogP contribution is -2.38. The van der Waals surface area contributed by atoms with Gasteiger partial charge in [-0.2, -0.15) is 8.78 Å². The summed E-state index contributed by atoms with van der Waals surface area (Å²) in [7, 11) is 0. The van der Waals surface area contributed by atoms with Crippen LogP contribution in [-0.2, 0) is 11.2 Å². The summed E-state index contributed by atoms with van der Waals surface area (Å²) < 4.78 is 37.9.